The van der Waals surface area contributed by atoms with E-state index in [1.54, 1.807) is 7.05 Å². The van der Waals surface area contributed by atoms with Crippen molar-refractivity contribution in [3.8, 4) is 0 Å². The molecule has 4 nitrogen and oxygen atoms in total. The van der Waals surface area contributed by atoms with Crippen LogP contribution in [0, 0.1) is 0 Å². The second-order valence-corrected chi connectivity index (χ2v) is 2.97. The number of rotatable bonds is 2. The molecule has 13 heavy (non-hydrogen) atoms. The number of ether oxygens (including phenoxy) is 1. The van der Waals surface area contributed by atoms with Crippen molar-refractivity contribution in [3.63, 3.8) is 0 Å². The van der Waals surface area contributed by atoms with Gasteiger partial charge in [-0.1, -0.05) is 0 Å². The number of esters is 1. The fourth-order valence-electron chi connectivity index (χ4n) is 1.50. The van der Waals surface area contributed by atoms with Crippen LogP contribution >= 0.6 is 0 Å². The van der Waals surface area contributed by atoms with E-state index in [1.165, 1.54) is 7.11 Å². The van der Waals surface area contributed by atoms with E-state index in [4.69, 9.17) is 0 Å². The van der Waals surface area contributed by atoms with Gasteiger partial charge in [-0.05, 0) is 31.5 Å². The SMILES string of the molecule is CNC(C(=O)OC)=C1CCNCC1. The maximum atomic E-state index is 11.3. The van der Waals surface area contributed by atoms with Gasteiger partial charge in [-0.15, -0.1) is 0 Å². The van der Waals surface area contributed by atoms with Gasteiger partial charge in [0.25, 0.3) is 0 Å². The molecule has 0 aromatic carbocycles. The zero-order chi connectivity index (χ0) is 9.68. The number of carbonyl (C=O) groups is 1. The van der Waals surface area contributed by atoms with Crippen molar-refractivity contribution >= 4 is 5.97 Å². The van der Waals surface area contributed by atoms with Crippen molar-refractivity contribution in [1.29, 1.82) is 0 Å². The van der Waals surface area contributed by atoms with Crippen molar-refractivity contribution in [2.75, 3.05) is 27.2 Å². The van der Waals surface area contributed by atoms with Gasteiger partial charge in [-0.2, -0.15) is 0 Å². The lowest BCUT2D eigenvalue weighted by molar-refractivity contribution is -0.136. The smallest absolute Gasteiger partial charge is 0.354 e. The molecule has 1 rings (SSSR count). The fraction of sp³-hybridized carbons (Fsp3) is 0.667. The van der Waals surface area contributed by atoms with Crippen LogP contribution in [-0.2, 0) is 9.53 Å². The first-order valence-electron chi connectivity index (χ1n) is 4.48. The first-order valence-corrected chi connectivity index (χ1v) is 4.48. The molecule has 1 saturated heterocycles. The van der Waals surface area contributed by atoms with E-state index in [0.717, 1.165) is 31.5 Å². The lowest BCUT2D eigenvalue weighted by Gasteiger charge is -2.18. The number of methoxy groups -OCH3 is 1. The Morgan fingerprint density at radius 3 is 2.54 bits per heavy atom. The zero-order valence-electron chi connectivity index (χ0n) is 8.14. The van der Waals surface area contributed by atoms with Crippen molar-refractivity contribution in [1.82, 2.24) is 10.6 Å². The van der Waals surface area contributed by atoms with Crippen molar-refractivity contribution in [3.05, 3.63) is 11.3 Å². The average Bonchev–Trinajstić information content (AvgIpc) is 2.20. The molecule has 0 aromatic heterocycles. The minimum atomic E-state index is -0.264. The van der Waals surface area contributed by atoms with Crippen LogP contribution < -0.4 is 10.6 Å². The van der Waals surface area contributed by atoms with Gasteiger partial charge in [0.2, 0.25) is 0 Å². The largest absolute Gasteiger partial charge is 0.464 e. The Kier molecular flexibility index (Phi) is 3.76. The van der Waals surface area contributed by atoms with Gasteiger partial charge in [0, 0.05) is 7.05 Å². The second-order valence-electron chi connectivity index (χ2n) is 2.97. The molecule has 0 saturated carbocycles. The van der Waals surface area contributed by atoms with Gasteiger partial charge < -0.3 is 15.4 Å². The zero-order valence-corrected chi connectivity index (χ0v) is 8.14. The highest BCUT2D eigenvalue weighted by molar-refractivity contribution is 5.88. The summed E-state index contributed by atoms with van der Waals surface area (Å²) < 4.78 is 4.68. The highest BCUT2D eigenvalue weighted by Crippen LogP contribution is 2.14. The highest BCUT2D eigenvalue weighted by Gasteiger charge is 2.16. The van der Waals surface area contributed by atoms with Crippen molar-refractivity contribution < 1.29 is 9.53 Å². The summed E-state index contributed by atoms with van der Waals surface area (Å²) in [5.41, 5.74) is 1.79. The third-order valence-corrected chi connectivity index (χ3v) is 2.20. The van der Waals surface area contributed by atoms with E-state index in [2.05, 4.69) is 15.4 Å². The topological polar surface area (TPSA) is 50.4 Å². The van der Waals surface area contributed by atoms with Crippen molar-refractivity contribution in [2.45, 2.75) is 12.8 Å². The third-order valence-electron chi connectivity index (χ3n) is 2.20. The third kappa shape index (κ3) is 2.45. The van der Waals surface area contributed by atoms with Gasteiger partial charge in [0.1, 0.15) is 5.70 Å². The predicted molar refractivity (Wildman–Crippen MR) is 50.2 cm³/mol. The van der Waals surface area contributed by atoms with Crippen LogP contribution in [0.3, 0.4) is 0 Å². The number of piperidine rings is 1. The molecule has 4 heteroatoms. The molecule has 1 heterocycles. The van der Waals surface area contributed by atoms with Gasteiger partial charge in [0.15, 0.2) is 0 Å². The quantitative estimate of drug-likeness (QED) is 0.469. The second kappa shape index (κ2) is 4.87. The van der Waals surface area contributed by atoms with Gasteiger partial charge >= 0.3 is 5.97 Å². The molecule has 0 atom stereocenters. The molecular weight excluding hydrogens is 168 g/mol. The molecule has 1 aliphatic rings. The standard InChI is InChI=1S/C9H16N2O2/c1-10-8(9(12)13-2)7-3-5-11-6-4-7/h10-11H,3-6H2,1-2H3. The summed E-state index contributed by atoms with van der Waals surface area (Å²) in [6.45, 7) is 1.88. The van der Waals surface area contributed by atoms with Crippen LogP contribution in [0.4, 0.5) is 0 Å². The van der Waals surface area contributed by atoms with E-state index >= 15 is 0 Å². The Labute approximate surface area is 78.3 Å². The number of hydrogen-bond acceptors (Lipinski definition) is 4. The van der Waals surface area contributed by atoms with Gasteiger partial charge in [0.05, 0.1) is 7.11 Å². The minimum absolute atomic E-state index is 0.264. The summed E-state index contributed by atoms with van der Waals surface area (Å²) in [5, 5.41) is 6.14. The Hall–Kier alpha value is -1.03. The molecule has 1 fully saturated rings. The number of likely N-dealkylation sites (N-methyl/N-ethyl adjacent to an activating group) is 1. The monoisotopic (exact) mass is 184 g/mol. The molecule has 0 aliphatic carbocycles. The molecule has 2 N–H and O–H groups in total. The fourth-order valence-corrected chi connectivity index (χ4v) is 1.50. The van der Waals surface area contributed by atoms with E-state index in [9.17, 15) is 4.79 Å². The summed E-state index contributed by atoms with van der Waals surface area (Å²) in [5.74, 6) is -0.264. The van der Waals surface area contributed by atoms with Gasteiger partial charge in [-0.25, -0.2) is 4.79 Å². The molecule has 0 unspecified atom stereocenters. The van der Waals surface area contributed by atoms with Crippen LogP contribution in [0.2, 0.25) is 0 Å². The van der Waals surface area contributed by atoms with E-state index in [1.807, 2.05) is 0 Å². The maximum Gasteiger partial charge on any atom is 0.354 e. The van der Waals surface area contributed by atoms with E-state index in [0.29, 0.717) is 5.70 Å². The summed E-state index contributed by atoms with van der Waals surface area (Å²) in [6.07, 6.45) is 1.84. The first-order chi connectivity index (χ1) is 6.29. The molecule has 0 bridgehead atoms. The lowest BCUT2D eigenvalue weighted by atomic mass is 10.0. The molecule has 0 aromatic rings. The molecule has 0 spiro atoms. The Balaban J connectivity index is 2.75. The number of carbonyl (C=O) groups excluding carboxylic acids is 1. The van der Waals surface area contributed by atoms with E-state index in [-0.39, 0.29) is 5.97 Å². The Morgan fingerprint density at radius 2 is 2.08 bits per heavy atom. The average molecular weight is 184 g/mol. The predicted octanol–water partition coefficient (Wildman–Crippen LogP) is 0.0163. The number of hydrogen-bond donors (Lipinski definition) is 2. The van der Waals surface area contributed by atoms with Crippen LogP contribution in [0.25, 0.3) is 0 Å². The summed E-state index contributed by atoms with van der Waals surface area (Å²) in [4.78, 5) is 11.3. The Morgan fingerprint density at radius 1 is 1.46 bits per heavy atom. The molecule has 0 amide bonds. The first kappa shape index (κ1) is 10.1. The van der Waals surface area contributed by atoms with E-state index < -0.39 is 0 Å². The van der Waals surface area contributed by atoms with Crippen LogP contribution in [-0.4, -0.2) is 33.2 Å². The van der Waals surface area contributed by atoms with Crippen molar-refractivity contribution in [2.24, 2.45) is 0 Å². The Bertz CT molecular complexity index is 216. The van der Waals surface area contributed by atoms with Gasteiger partial charge in [-0.3, -0.25) is 0 Å². The molecular formula is C9H16N2O2. The van der Waals surface area contributed by atoms with Crippen LogP contribution in [0.5, 0.6) is 0 Å². The van der Waals surface area contributed by atoms with Crippen LogP contribution in [0.15, 0.2) is 11.3 Å². The maximum absolute atomic E-state index is 11.3. The minimum Gasteiger partial charge on any atom is -0.464 e. The molecule has 74 valence electrons. The highest BCUT2D eigenvalue weighted by atomic mass is 16.5. The molecule has 1 aliphatic heterocycles. The summed E-state index contributed by atoms with van der Waals surface area (Å²) >= 11 is 0. The summed E-state index contributed by atoms with van der Waals surface area (Å²) in [7, 11) is 3.16. The summed E-state index contributed by atoms with van der Waals surface area (Å²) in [6, 6.07) is 0. The normalized spacial score (nSPS) is 16.6. The number of nitrogens with one attached hydrogen (secondary N) is 2. The molecule has 0 radical (unpaired) electrons. The van der Waals surface area contributed by atoms with Crippen LogP contribution in [0.1, 0.15) is 12.8 Å². The lowest BCUT2D eigenvalue weighted by Crippen LogP contribution is -2.28.